The summed E-state index contributed by atoms with van der Waals surface area (Å²) in [4.78, 5) is 29.1. The van der Waals surface area contributed by atoms with Crippen LogP contribution in [0.15, 0.2) is 18.2 Å². The van der Waals surface area contributed by atoms with Crippen LogP contribution in [0.3, 0.4) is 0 Å². The largest absolute Gasteiger partial charge is 0.477 e. The molecule has 2 N–H and O–H groups in total. The molecule has 6 nitrogen and oxygen atoms in total. The number of amides is 1. The monoisotopic (exact) mass is 291 g/mol. The Bertz CT molecular complexity index is 511. The fraction of sp³-hybridized carbons (Fsp3) is 0.533. The minimum Gasteiger partial charge on any atom is -0.477 e. The molecule has 0 spiro atoms. The van der Waals surface area contributed by atoms with Gasteiger partial charge in [-0.25, -0.2) is 9.78 Å². The van der Waals surface area contributed by atoms with Gasteiger partial charge in [0.15, 0.2) is 0 Å². The summed E-state index contributed by atoms with van der Waals surface area (Å²) in [5.41, 5.74) is 0.0415. The molecule has 1 saturated heterocycles. The molecule has 1 fully saturated rings. The maximum absolute atomic E-state index is 12.0. The van der Waals surface area contributed by atoms with Gasteiger partial charge < -0.3 is 15.3 Å². The third kappa shape index (κ3) is 4.26. The van der Waals surface area contributed by atoms with Crippen LogP contribution in [0.25, 0.3) is 0 Å². The molecular formula is C15H21N3O3. The molecule has 1 aromatic heterocycles. The summed E-state index contributed by atoms with van der Waals surface area (Å²) in [5, 5.41) is 11.7. The molecule has 0 unspecified atom stereocenters. The van der Waals surface area contributed by atoms with Crippen LogP contribution in [0.2, 0.25) is 0 Å². The number of aromatic carboxylic acids is 1. The van der Waals surface area contributed by atoms with E-state index in [9.17, 15) is 9.59 Å². The van der Waals surface area contributed by atoms with Gasteiger partial charge in [0.05, 0.1) is 0 Å². The van der Waals surface area contributed by atoms with Crippen LogP contribution in [0.1, 0.15) is 40.7 Å². The SMILES string of the molecule is CCN1CCC(CNC(=O)c2cccc(C(=O)O)n2)CC1. The smallest absolute Gasteiger partial charge is 0.354 e. The molecule has 6 heteroatoms. The van der Waals surface area contributed by atoms with E-state index in [0.29, 0.717) is 12.5 Å². The van der Waals surface area contributed by atoms with E-state index in [-0.39, 0.29) is 17.3 Å². The average molecular weight is 291 g/mol. The molecule has 2 heterocycles. The fourth-order valence-electron chi connectivity index (χ4n) is 2.51. The zero-order chi connectivity index (χ0) is 15.2. The fourth-order valence-corrected chi connectivity index (χ4v) is 2.51. The van der Waals surface area contributed by atoms with Crippen molar-refractivity contribution in [3.05, 3.63) is 29.6 Å². The predicted molar refractivity (Wildman–Crippen MR) is 78.4 cm³/mol. The molecule has 2 rings (SSSR count). The van der Waals surface area contributed by atoms with Crippen molar-refractivity contribution >= 4 is 11.9 Å². The lowest BCUT2D eigenvalue weighted by Crippen LogP contribution is -2.38. The molecule has 0 aromatic carbocycles. The normalized spacial score (nSPS) is 16.6. The van der Waals surface area contributed by atoms with E-state index in [4.69, 9.17) is 5.11 Å². The van der Waals surface area contributed by atoms with Gasteiger partial charge in [-0.15, -0.1) is 0 Å². The zero-order valence-corrected chi connectivity index (χ0v) is 12.2. The van der Waals surface area contributed by atoms with Crippen LogP contribution in [0.5, 0.6) is 0 Å². The average Bonchev–Trinajstić information content (AvgIpc) is 2.53. The van der Waals surface area contributed by atoms with Gasteiger partial charge in [0.25, 0.3) is 5.91 Å². The van der Waals surface area contributed by atoms with Crippen LogP contribution < -0.4 is 5.32 Å². The number of carboxylic acid groups (broad SMARTS) is 1. The van der Waals surface area contributed by atoms with Gasteiger partial charge >= 0.3 is 5.97 Å². The van der Waals surface area contributed by atoms with E-state index < -0.39 is 5.97 Å². The van der Waals surface area contributed by atoms with Gasteiger partial charge in [-0.2, -0.15) is 0 Å². The van der Waals surface area contributed by atoms with Crippen molar-refractivity contribution in [2.45, 2.75) is 19.8 Å². The zero-order valence-electron chi connectivity index (χ0n) is 12.2. The number of nitrogens with one attached hydrogen (secondary N) is 1. The van der Waals surface area contributed by atoms with Gasteiger partial charge in [0, 0.05) is 6.54 Å². The van der Waals surface area contributed by atoms with Gasteiger partial charge in [-0.05, 0) is 50.5 Å². The first-order valence-electron chi connectivity index (χ1n) is 7.31. The number of piperidine rings is 1. The molecule has 1 aliphatic rings. The number of pyridine rings is 1. The lowest BCUT2D eigenvalue weighted by molar-refractivity contribution is 0.0690. The Morgan fingerprint density at radius 1 is 1.33 bits per heavy atom. The molecule has 0 bridgehead atoms. The summed E-state index contributed by atoms with van der Waals surface area (Å²) < 4.78 is 0. The molecule has 0 atom stereocenters. The first kappa shape index (κ1) is 15.4. The minimum atomic E-state index is -1.13. The maximum atomic E-state index is 12.0. The highest BCUT2D eigenvalue weighted by molar-refractivity contribution is 5.94. The van der Waals surface area contributed by atoms with E-state index in [0.717, 1.165) is 32.5 Å². The lowest BCUT2D eigenvalue weighted by Gasteiger charge is -2.30. The second kappa shape index (κ2) is 7.17. The van der Waals surface area contributed by atoms with Crippen molar-refractivity contribution < 1.29 is 14.7 Å². The van der Waals surface area contributed by atoms with E-state index in [1.165, 1.54) is 18.2 Å². The molecule has 1 aromatic rings. The number of aromatic nitrogens is 1. The van der Waals surface area contributed by atoms with Crippen LogP contribution >= 0.6 is 0 Å². The lowest BCUT2D eigenvalue weighted by atomic mass is 9.97. The first-order chi connectivity index (χ1) is 10.1. The Balaban J connectivity index is 1.85. The number of rotatable bonds is 5. The van der Waals surface area contributed by atoms with Crippen LogP contribution in [-0.2, 0) is 0 Å². The molecule has 21 heavy (non-hydrogen) atoms. The Kier molecular flexibility index (Phi) is 5.27. The molecule has 0 radical (unpaired) electrons. The highest BCUT2D eigenvalue weighted by Gasteiger charge is 2.19. The predicted octanol–water partition coefficient (Wildman–Crippen LogP) is 1.24. The summed E-state index contributed by atoms with van der Waals surface area (Å²) in [5.74, 6) is -0.952. The molecule has 0 saturated carbocycles. The van der Waals surface area contributed by atoms with Gasteiger partial charge in [-0.3, -0.25) is 4.79 Å². The molecule has 1 amide bonds. The number of likely N-dealkylation sites (tertiary alicyclic amines) is 1. The number of carbonyl (C=O) groups is 2. The van der Waals surface area contributed by atoms with Crippen LogP contribution in [-0.4, -0.2) is 53.0 Å². The van der Waals surface area contributed by atoms with Crippen molar-refractivity contribution in [2.24, 2.45) is 5.92 Å². The molecule has 1 aliphatic heterocycles. The number of carboxylic acids is 1. The van der Waals surface area contributed by atoms with Crippen molar-refractivity contribution in [3.63, 3.8) is 0 Å². The number of carbonyl (C=O) groups excluding carboxylic acids is 1. The quantitative estimate of drug-likeness (QED) is 0.853. The van der Waals surface area contributed by atoms with Crippen LogP contribution in [0, 0.1) is 5.92 Å². The Morgan fingerprint density at radius 2 is 2.00 bits per heavy atom. The highest BCUT2D eigenvalue weighted by Crippen LogP contribution is 2.15. The molecular weight excluding hydrogens is 270 g/mol. The number of nitrogens with zero attached hydrogens (tertiary/aromatic N) is 2. The molecule has 0 aliphatic carbocycles. The standard InChI is InChI=1S/C15H21N3O3/c1-2-18-8-6-11(7-9-18)10-16-14(19)12-4-3-5-13(17-12)15(20)21/h3-5,11H,2,6-10H2,1H3,(H,16,19)(H,20,21). The third-order valence-electron chi connectivity index (χ3n) is 3.91. The summed E-state index contributed by atoms with van der Waals surface area (Å²) in [6.07, 6.45) is 2.16. The van der Waals surface area contributed by atoms with E-state index in [1.807, 2.05) is 0 Å². The Hall–Kier alpha value is -1.95. The summed E-state index contributed by atoms with van der Waals surface area (Å²) >= 11 is 0. The van der Waals surface area contributed by atoms with Gasteiger partial charge in [-0.1, -0.05) is 13.0 Å². The molecule has 114 valence electrons. The third-order valence-corrected chi connectivity index (χ3v) is 3.91. The van der Waals surface area contributed by atoms with Crippen molar-refractivity contribution in [1.82, 2.24) is 15.2 Å². The number of hydrogen-bond donors (Lipinski definition) is 2. The Labute approximate surface area is 124 Å². The first-order valence-corrected chi connectivity index (χ1v) is 7.31. The van der Waals surface area contributed by atoms with Crippen molar-refractivity contribution in [1.29, 1.82) is 0 Å². The Morgan fingerprint density at radius 3 is 2.62 bits per heavy atom. The maximum Gasteiger partial charge on any atom is 0.354 e. The summed E-state index contributed by atoms with van der Waals surface area (Å²) in [6.45, 7) is 6.00. The topological polar surface area (TPSA) is 82.5 Å². The van der Waals surface area contributed by atoms with Crippen molar-refractivity contribution in [2.75, 3.05) is 26.2 Å². The summed E-state index contributed by atoms with van der Waals surface area (Å²) in [7, 11) is 0. The van der Waals surface area contributed by atoms with Gasteiger partial charge in [0.1, 0.15) is 11.4 Å². The number of hydrogen-bond acceptors (Lipinski definition) is 4. The highest BCUT2D eigenvalue weighted by atomic mass is 16.4. The van der Waals surface area contributed by atoms with E-state index in [1.54, 1.807) is 0 Å². The van der Waals surface area contributed by atoms with E-state index >= 15 is 0 Å². The van der Waals surface area contributed by atoms with Crippen molar-refractivity contribution in [3.8, 4) is 0 Å². The minimum absolute atomic E-state index is 0.112. The summed E-state index contributed by atoms with van der Waals surface area (Å²) in [6, 6.07) is 4.44. The van der Waals surface area contributed by atoms with E-state index in [2.05, 4.69) is 22.1 Å². The second-order valence-electron chi connectivity index (χ2n) is 5.30. The van der Waals surface area contributed by atoms with Crippen LogP contribution in [0.4, 0.5) is 0 Å². The van der Waals surface area contributed by atoms with Gasteiger partial charge in [0.2, 0.25) is 0 Å². The second-order valence-corrected chi connectivity index (χ2v) is 5.30.